The van der Waals surface area contributed by atoms with Gasteiger partial charge in [-0.1, -0.05) is 173 Å². The van der Waals surface area contributed by atoms with Crippen LogP contribution in [0.1, 0.15) is 164 Å². The van der Waals surface area contributed by atoms with Crippen LogP contribution in [0.15, 0.2) is 72.8 Å². The molecule has 5 aromatic rings. The van der Waals surface area contributed by atoms with Crippen molar-refractivity contribution in [3.8, 4) is 11.5 Å². The summed E-state index contributed by atoms with van der Waals surface area (Å²) < 4.78 is 13.7. The summed E-state index contributed by atoms with van der Waals surface area (Å²) in [6.45, 7) is 41.6. The van der Waals surface area contributed by atoms with Crippen molar-refractivity contribution in [2.24, 2.45) is 0 Å². The summed E-state index contributed by atoms with van der Waals surface area (Å²) in [6, 6.07) is 28.0. The van der Waals surface area contributed by atoms with Crippen LogP contribution in [0.3, 0.4) is 0 Å². The van der Waals surface area contributed by atoms with Gasteiger partial charge in [0.05, 0.1) is 8.81 Å². The predicted molar refractivity (Wildman–Crippen MR) is 253 cm³/mol. The van der Waals surface area contributed by atoms with Crippen LogP contribution in [0.4, 0.5) is 0 Å². The number of aryl methyl sites for hydroxylation is 1. The summed E-state index contributed by atoms with van der Waals surface area (Å²) >= 11 is 0. The number of hydrogen-bond acceptors (Lipinski definition) is 2. The zero-order valence-corrected chi connectivity index (χ0v) is 40.2. The lowest BCUT2D eigenvalue weighted by Gasteiger charge is -2.29. The van der Waals surface area contributed by atoms with Gasteiger partial charge in [-0.25, -0.2) is 0 Å². The van der Waals surface area contributed by atoms with Crippen molar-refractivity contribution in [3.63, 3.8) is 0 Å². The summed E-state index contributed by atoms with van der Waals surface area (Å²) in [5.41, 5.74) is 9.43. The smallest absolute Gasteiger partial charge is 0.127 e. The van der Waals surface area contributed by atoms with Gasteiger partial charge in [-0.2, -0.15) is 0 Å². The van der Waals surface area contributed by atoms with Gasteiger partial charge in [0.2, 0.25) is 0 Å². The van der Waals surface area contributed by atoms with Gasteiger partial charge in [0.15, 0.2) is 0 Å². The first kappa shape index (κ1) is 44.2. The fourth-order valence-electron chi connectivity index (χ4n) is 7.49. The van der Waals surface area contributed by atoms with Gasteiger partial charge in [-0.15, -0.1) is 0 Å². The summed E-state index contributed by atoms with van der Waals surface area (Å²) in [5.74, 6) is 2.01. The average Bonchev–Trinajstić information content (AvgIpc) is 3.05. The molecule has 5 rings (SSSR count). The minimum Gasteiger partial charge on any atom is -0.477 e. The van der Waals surface area contributed by atoms with Gasteiger partial charge in [-0.3, -0.25) is 0 Å². The van der Waals surface area contributed by atoms with Crippen LogP contribution < -0.4 is 14.4 Å². The van der Waals surface area contributed by atoms with Crippen molar-refractivity contribution in [1.29, 1.82) is 0 Å². The third kappa shape index (κ3) is 10.2. The molecule has 0 heterocycles. The summed E-state index contributed by atoms with van der Waals surface area (Å²) in [6.07, 6.45) is 1.89. The first-order valence-electron chi connectivity index (χ1n) is 20.7. The summed E-state index contributed by atoms with van der Waals surface area (Å²) in [5, 5.41) is 6.46. The van der Waals surface area contributed by atoms with Crippen LogP contribution >= 0.6 is 17.6 Å². The fourth-order valence-corrected chi connectivity index (χ4v) is 9.18. The Morgan fingerprint density at radius 1 is 0.429 bits per heavy atom. The minimum absolute atomic E-state index is 0.00290. The number of rotatable bonds is 8. The molecule has 2 nitrogen and oxygen atoms in total. The Labute approximate surface area is 345 Å². The van der Waals surface area contributed by atoms with Crippen molar-refractivity contribution in [3.05, 3.63) is 112 Å². The molecule has 0 saturated carbocycles. The van der Waals surface area contributed by atoms with Crippen LogP contribution in [0.25, 0.3) is 21.5 Å². The Bertz CT molecular complexity index is 2200. The maximum absolute atomic E-state index is 6.90. The van der Waals surface area contributed by atoms with E-state index in [1.54, 1.807) is 0 Å². The third-order valence-corrected chi connectivity index (χ3v) is 12.9. The molecule has 0 spiro atoms. The normalized spacial score (nSPS) is 13.9. The lowest BCUT2D eigenvalue weighted by atomic mass is 9.76. The van der Waals surface area contributed by atoms with E-state index in [0.29, 0.717) is 8.81 Å². The van der Waals surface area contributed by atoms with Crippen molar-refractivity contribution in [2.45, 2.75) is 164 Å². The number of benzene rings is 5. The van der Waals surface area contributed by atoms with Crippen LogP contribution in [0, 0.1) is 0 Å². The second-order valence-corrected chi connectivity index (χ2v) is 24.2. The third-order valence-electron chi connectivity index (χ3n) is 11.0. The van der Waals surface area contributed by atoms with E-state index in [-0.39, 0.29) is 41.3 Å². The van der Waals surface area contributed by atoms with Crippen molar-refractivity contribution in [1.82, 2.24) is 0 Å². The van der Waals surface area contributed by atoms with Crippen LogP contribution in [0.5, 0.6) is 11.5 Å². The molecule has 4 heteroatoms. The summed E-state index contributed by atoms with van der Waals surface area (Å²) in [7, 11) is 0.567. The largest absolute Gasteiger partial charge is 0.477 e. The molecule has 0 aliphatic rings. The lowest BCUT2D eigenvalue weighted by Crippen LogP contribution is -2.18. The maximum atomic E-state index is 6.90. The Balaban J connectivity index is 1.41. The molecular weight excluding hydrogens is 719 g/mol. The maximum Gasteiger partial charge on any atom is 0.127 e. The molecule has 2 unspecified atom stereocenters. The predicted octanol–water partition coefficient (Wildman–Crippen LogP) is 15.3. The highest BCUT2D eigenvalue weighted by atomic mass is 31.1. The standard InChI is InChI=1S/C52H72O2P2/c1-47(2,3)36-25-34-27-42(51(13,14)15)44(31-38(34)40(29-36)49(7,8)9)53-55-24-23-33-21-19-20-22-46(33)56-54-45-32-39-35(28-43(45)52(16,17)18)26-37(48(4,5)6)30-41(39)50(10,11)12/h19-22,25-32,55-56H,23-24H2,1-18H3. The van der Waals surface area contributed by atoms with E-state index in [0.717, 1.165) is 24.1 Å². The monoisotopic (exact) mass is 791 g/mol. The fraction of sp³-hybridized carbons (Fsp3) is 0.500. The van der Waals surface area contributed by atoms with Gasteiger partial charge < -0.3 is 9.05 Å². The molecular formula is C52H72O2P2. The molecule has 5 aromatic carbocycles. The van der Waals surface area contributed by atoms with Crippen molar-refractivity contribution in [2.75, 3.05) is 6.16 Å². The van der Waals surface area contributed by atoms with E-state index in [4.69, 9.17) is 9.05 Å². The Morgan fingerprint density at radius 2 is 0.839 bits per heavy atom. The van der Waals surface area contributed by atoms with E-state index < -0.39 is 0 Å². The molecule has 0 amide bonds. The highest BCUT2D eigenvalue weighted by Gasteiger charge is 2.28. The minimum atomic E-state index is -0.0667. The Kier molecular flexibility index (Phi) is 12.4. The van der Waals surface area contributed by atoms with Gasteiger partial charge in [0.1, 0.15) is 20.3 Å². The molecule has 302 valence electrons. The molecule has 0 saturated heterocycles. The molecule has 0 N–H and O–H groups in total. The zero-order valence-electron chi connectivity index (χ0n) is 38.2. The first-order chi connectivity index (χ1) is 25.5. The van der Waals surface area contributed by atoms with Gasteiger partial charge >= 0.3 is 0 Å². The highest BCUT2D eigenvalue weighted by molar-refractivity contribution is 7.42. The lowest BCUT2D eigenvalue weighted by molar-refractivity contribution is 0.541. The van der Waals surface area contributed by atoms with Crippen LogP contribution in [-0.4, -0.2) is 6.16 Å². The molecule has 0 fully saturated rings. The second-order valence-electron chi connectivity index (χ2n) is 22.3. The van der Waals surface area contributed by atoms with Crippen LogP contribution in [0.2, 0.25) is 0 Å². The molecule has 0 aromatic heterocycles. The second kappa shape index (κ2) is 15.7. The molecule has 0 bridgehead atoms. The topological polar surface area (TPSA) is 18.5 Å². The average molecular weight is 791 g/mol. The molecule has 0 aliphatic heterocycles. The molecule has 0 aliphatic carbocycles. The van der Waals surface area contributed by atoms with E-state index >= 15 is 0 Å². The van der Waals surface area contributed by atoms with E-state index in [1.807, 2.05) is 0 Å². The quantitative estimate of drug-likeness (QED) is 0.115. The zero-order chi connectivity index (χ0) is 41.8. The Hall–Kier alpha value is -2.92. The van der Waals surface area contributed by atoms with Crippen LogP contribution in [-0.2, 0) is 38.9 Å². The molecule has 56 heavy (non-hydrogen) atoms. The first-order valence-corrected chi connectivity index (χ1v) is 22.7. The van der Waals surface area contributed by atoms with Crippen molar-refractivity contribution < 1.29 is 9.05 Å². The van der Waals surface area contributed by atoms with Gasteiger partial charge in [-0.05, 0) is 113 Å². The molecule has 0 radical (unpaired) electrons. The van der Waals surface area contributed by atoms with E-state index in [2.05, 4.69) is 197 Å². The van der Waals surface area contributed by atoms with Crippen molar-refractivity contribution >= 4 is 44.5 Å². The van der Waals surface area contributed by atoms with Gasteiger partial charge in [0, 0.05) is 22.6 Å². The van der Waals surface area contributed by atoms with Gasteiger partial charge in [0.25, 0.3) is 0 Å². The van der Waals surface area contributed by atoms with E-state index in [9.17, 15) is 0 Å². The SMILES string of the molecule is CC(C)(C)c1cc(C(C)(C)C)c2cc(OPCCc3ccccc3POc3cc4c(C(C)(C)C)cc(C(C)(C)C)cc4cc3C(C)(C)C)c(C(C)(C)C)cc2c1. The summed E-state index contributed by atoms with van der Waals surface area (Å²) in [4.78, 5) is 0. The van der Waals surface area contributed by atoms with E-state index in [1.165, 1.54) is 65.8 Å². The Morgan fingerprint density at radius 3 is 1.25 bits per heavy atom. The number of fused-ring (bicyclic) bond motifs is 2. The molecule has 2 atom stereocenters. The number of hydrogen-bond donors (Lipinski definition) is 0. The highest BCUT2D eigenvalue weighted by Crippen LogP contribution is 2.44.